The fraction of sp³-hybridized carbons (Fsp3) is 0.154. The van der Waals surface area contributed by atoms with Crippen molar-refractivity contribution in [1.82, 2.24) is 9.36 Å². The first-order valence-corrected chi connectivity index (χ1v) is 5.55. The maximum Gasteiger partial charge on any atom is 0.366 e. The minimum absolute atomic E-state index is 0.0320. The molecule has 0 unspecified atom stereocenters. The standard InChI is InChI=1S/C13H11FN2O3/c1-8-5-3-4-6-10(8)11-7-15(9(2)17)13(19)16(14)12(11)18/h3-7H,1-2H3. The molecule has 1 aromatic heterocycles. The molecule has 0 saturated heterocycles. The van der Waals surface area contributed by atoms with Crippen molar-refractivity contribution >= 4 is 5.91 Å². The van der Waals surface area contributed by atoms with Crippen molar-refractivity contribution in [3.8, 4) is 11.1 Å². The third-order valence-electron chi connectivity index (χ3n) is 2.82. The monoisotopic (exact) mass is 262 g/mol. The lowest BCUT2D eigenvalue weighted by molar-refractivity contribution is 0.0923. The lowest BCUT2D eigenvalue weighted by atomic mass is 10.0. The minimum atomic E-state index is -1.30. The summed E-state index contributed by atoms with van der Waals surface area (Å²) >= 11 is 0. The van der Waals surface area contributed by atoms with E-state index in [1.807, 2.05) is 0 Å². The second-order valence-corrected chi connectivity index (χ2v) is 4.12. The Bertz CT molecular complexity index is 774. The second-order valence-electron chi connectivity index (χ2n) is 4.12. The molecule has 0 aliphatic carbocycles. The normalized spacial score (nSPS) is 10.5. The van der Waals surface area contributed by atoms with Gasteiger partial charge in [-0.3, -0.25) is 9.59 Å². The topological polar surface area (TPSA) is 61.1 Å². The van der Waals surface area contributed by atoms with Crippen LogP contribution in [0.5, 0.6) is 0 Å². The summed E-state index contributed by atoms with van der Waals surface area (Å²) in [5, 5.41) is 0. The van der Waals surface area contributed by atoms with Crippen LogP contribution in [0.4, 0.5) is 4.48 Å². The zero-order valence-electron chi connectivity index (χ0n) is 10.4. The number of carbonyl (C=O) groups is 1. The van der Waals surface area contributed by atoms with Crippen molar-refractivity contribution in [1.29, 1.82) is 0 Å². The van der Waals surface area contributed by atoms with Crippen LogP contribution in [0.2, 0.25) is 0 Å². The molecule has 0 aliphatic heterocycles. The summed E-state index contributed by atoms with van der Waals surface area (Å²) in [6.45, 7) is 2.87. The average molecular weight is 262 g/mol. The van der Waals surface area contributed by atoms with E-state index in [9.17, 15) is 18.9 Å². The van der Waals surface area contributed by atoms with Gasteiger partial charge < -0.3 is 0 Å². The Kier molecular flexibility index (Phi) is 3.16. The molecule has 19 heavy (non-hydrogen) atoms. The first-order chi connectivity index (χ1) is 8.93. The van der Waals surface area contributed by atoms with Gasteiger partial charge in [0.05, 0.1) is 5.56 Å². The summed E-state index contributed by atoms with van der Waals surface area (Å²) in [4.78, 5) is 33.9. The van der Waals surface area contributed by atoms with E-state index < -0.39 is 21.9 Å². The smallest absolute Gasteiger partial charge is 0.274 e. The Hall–Kier alpha value is -2.50. The van der Waals surface area contributed by atoms with Gasteiger partial charge in [-0.15, -0.1) is 0 Å². The maximum atomic E-state index is 13.5. The molecule has 0 aliphatic rings. The third-order valence-corrected chi connectivity index (χ3v) is 2.82. The van der Waals surface area contributed by atoms with Crippen molar-refractivity contribution in [3.05, 3.63) is 56.9 Å². The van der Waals surface area contributed by atoms with Gasteiger partial charge in [0.15, 0.2) is 0 Å². The number of nitrogens with zero attached hydrogens (tertiary/aromatic N) is 2. The van der Waals surface area contributed by atoms with Gasteiger partial charge in [0.2, 0.25) is 5.91 Å². The van der Waals surface area contributed by atoms with E-state index in [0.717, 1.165) is 18.7 Å². The first kappa shape index (κ1) is 12.9. The SMILES string of the molecule is CC(=O)n1cc(-c2ccccc2C)c(=O)n(F)c1=O. The molecule has 2 rings (SSSR count). The zero-order chi connectivity index (χ0) is 14.2. The van der Waals surface area contributed by atoms with Gasteiger partial charge in [0, 0.05) is 13.1 Å². The summed E-state index contributed by atoms with van der Waals surface area (Å²) < 4.78 is 14.1. The number of aromatic nitrogens is 2. The van der Waals surface area contributed by atoms with Gasteiger partial charge in [-0.05, 0) is 18.1 Å². The Morgan fingerprint density at radius 2 is 1.79 bits per heavy atom. The largest absolute Gasteiger partial charge is 0.366 e. The number of halogens is 1. The highest BCUT2D eigenvalue weighted by molar-refractivity contribution is 5.77. The highest BCUT2D eigenvalue weighted by Crippen LogP contribution is 2.18. The number of rotatable bonds is 1. The molecule has 2 aromatic rings. The molecule has 0 bridgehead atoms. The van der Waals surface area contributed by atoms with Crippen LogP contribution in [-0.4, -0.2) is 15.3 Å². The van der Waals surface area contributed by atoms with Crippen molar-refractivity contribution < 1.29 is 9.28 Å². The summed E-state index contributed by atoms with van der Waals surface area (Å²) in [5.74, 6) is -0.661. The molecule has 0 N–H and O–H groups in total. The van der Waals surface area contributed by atoms with E-state index in [4.69, 9.17) is 0 Å². The first-order valence-electron chi connectivity index (χ1n) is 5.55. The maximum absolute atomic E-state index is 13.5. The Morgan fingerprint density at radius 1 is 1.16 bits per heavy atom. The molecule has 0 amide bonds. The predicted molar refractivity (Wildman–Crippen MR) is 67.9 cm³/mol. The van der Waals surface area contributed by atoms with Crippen LogP contribution in [0.25, 0.3) is 11.1 Å². The van der Waals surface area contributed by atoms with Crippen LogP contribution < -0.4 is 11.2 Å². The molecule has 1 heterocycles. The Balaban J connectivity index is 2.87. The summed E-state index contributed by atoms with van der Waals surface area (Å²) in [5.41, 5.74) is -1.18. The van der Waals surface area contributed by atoms with Crippen LogP contribution in [0.1, 0.15) is 17.3 Å². The summed E-state index contributed by atoms with van der Waals surface area (Å²) in [6, 6.07) is 6.84. The van der Waals surface area contributed by atoms with E-state index in [0.29, 0.717) is 10.1 Å². The molecule has 0 saturated carbocycles. The number of benzene rings is 1. The van der Waals surface area contributed by atoms with E-state index >= 15 is 0 Å². The molecular weight excluding hydrogens is 251 g/mol. The molecule has 0 fully saturated rings. The molecule has 0 spiro atoms. The number of hydrogen-bond donors (Lipinski definition) is 0. The highest BCUT2D eigenvalue weighted by Gasteiger charge is 2.15. The van der Waals surface area contributed by atoms with Crippen molar-refractivity contribution in [2.75, 3.05) is 0 Å². The van der Waals surface area contributed by atoms with Gasteiger partial charge in [0.1, 0.15) is 0 Å². The predicted octanol–water partition coefficient (Wildman–Crippen LogP) is 1.38. The molecule has 1 aromatic carbocycles. The van der Waals surface area contributed by atoms with Gasteiger partial charge in [-0.1, -0.05) is 33.5 Å². The zero-order valence-corrected chi connectivity index (χ0v) is 10.4. The van der Waals surface area contributed by atoms with Gasteiger partial charge >= 0.3 is 5.69 Å². The lowest BCUT2D eigenvalue weighted by Crippen LogP contribution is -2.38. The Labute approximate surface area is 107 Å². The van der Waals surface area contributed by atoms with E-state index in [-0.39, 0.29) is 5.56 Å². The Morgan fingerprint density at radius 3 is 2.37 bits per heavy atom. The van der Waals surface area contributed by atoms with E-state index in [1.54, 1.807) is 31.2 Å². The van der Waals surface area contributed by atoms with Gasteiger partial charge in [0.25, 0.3) is 5.56 Å². The molecule has 98 valence electrons. The number of carbonyl (C=O) groups excluding carboxylic acids is 1. The van der Waals surface area contributed by atoms with Crippen LogP contribution in [0.15, 0.2) is 40.1 Å². The third kappa shape index (κ3) is 2.12. The fourth-order valence-electron chi connectivity index (χ4n) is 1.81. The number of hydrogen-bond acceptors (Lipinski definition) is 3. The quantitative estimate of drug-likeness (QED) is 0.780. The molecular formula is C13H11FN2O3. The van der Waals surface area contributed by atoms with Gasteiger partial charge in [-0.25, -0.2) is 9.36 Å². The molecule has 0 atom stereocenters. The van der Waals surface area contributed by atoms with Crippen molar-refractivity contribution in [2.45, 2.75) is 13.8 Å². The fourth-order valence-corrected chi connectivity index (χ4v) is 1.81. The summed E-state index contributed by atoms with van der Waals surface area (Å²) in [7, 11) is 0. The van der Waals surface area contributed by atoms with Crippen molar-refractivity contribution in [2.24, 2.45) is 0 Å². The van der Waals surface area contributed by atoms with E-state index in [2.05, 4.69) is 0 Å². The van der Waals surface area contributed by atoms with Crippen LogP contribution in [-0.2, 0) is 0 Å². The lowest BCUT2D eigenvalue weighted by Gasteiger charge is -2.08. The second kappa shape index (κ2) is 4.64. The summed E-state index contributed by atoms with van der Waals surface area (Å²) in [6.07, 6.45) is 1.07. The van der Waals surface area contributed by atoms with Crippen molar-refractivity contribution in [3.63, 3.8) is 0 Å². The van der Waals surface area contributed by atoms with E-state index in [1.165, 1.54) is 0 Å². The highest BCUT2D eigenvalue weighted by atomic mass is 19.2. The van der Waals surface area contributed by atoms with Crippen LogP contribution in [0, 0.1) is 6.92 Å². The molecule has 0 radical (unpaired) electrons. The average Bonchev–Trinajstić information content (AvgIpc) is 2.37. The molecule has 6 heteroatoms. The van der Waals surface area contributed by atoms with Crippen LogP contribution >= 0.6 is 0 Å². The molecule has 5 nitrogen and oxygen atoms in total. The van der Waals surface area contributed by atoms with Gasteiger partial charge in [-0.2, -0.15) is 0 Å². The number of aryl methyl sites for hydroxylation is 1. The van der Waals surface area contributed by atoms with Crippen LogP contribution in [0.3, 0.4) is 0 Å². The minimum Gasteiger partial charge on any atom is -0.274 e.